The lowest BCUT2D eigenvalue weighted by Gasteiger charge is -2.16. The Morgan fingerprint density at radius 1 is 1.53 bits per heavy atom. The molecule has 1 rings (SSSR count). The van der Waals surface area contributed by atoms with E-state index in [2.05, 4.69) is 5.32 Å². The van der Waals surface area contributed by atoms with Crippen molar-refractivity contribution in [3.8, 4) is 0 Å². The Balaban J connectivity index is 2.84. The zero-order chi connectivity index (χ0) is 13.0. The Morgan fingerprint density at radius 2 is 2.18 bits per heavy atom. The quantitative estimate of drug-likeness (QED) is 0.769. The van der Waals surface area contributed by atoms with Crippen molar-refractivity contribution in [3.63, 3.8) is 0 Å². The highest BCUT2D eigenvalue weighted by atomic mass is 16.2. The van der Waals surface area contributed by atoms with E-state index < -0.39 is 0 Å². The maximum atomic E-state index is 12.1. The Labute approximate surface area is 100 Å². The molecule has 3 N–H and O–H groups in total. The Morgan fingerprint density at radius 3 is 2.71 bits per heavy atom. The standard InChI is InChI=1S/C11H18N4O2/c1-4-15-6-8(12)5-9(15)11(17)14(3)7-10(16)13-2/h5-6H,4,7,12H2,1-3H3,(H,13,16). The lowest BCUT2D eigenvalue weighted by atomic mass is 10.3. The summed E-state index contributed by atoms with van der Waals surface area (Å²) in [5.74, 6) is -0.421. The van der Waals surface area contributed by atoms with Crippen molar-refractivity contribution in [2.24, 2.45) is 0 Å². The number of amides is 2. The zero-order valence-corrected chi connectivity index (χ0v) is 10.4. The molecule has 2 amide bonds. The molecule has 0 aliphatic heterocycles. The third-order valence-corrected chi connectivity index (χ3v) is 2.48. The van der Waals surface area contributed by atoms with E-state index in [4.69, 9.17) is 5.73 Å². The minimum absolute atomic E-state index is 0.0319. The maximum absolute atomic E-state index is 12.1. The molecule has 0 aliphatic rings. The van der Waals surface area contributed by atoms with Crippen LogP contribution in [0.2, 0.25) is 0 Å². The molecule has 0 saturated heterocycles. The van der Waals surface area contributed by atoms with Crippen molar-refractivity contribution in [2.45, 2.75) is 13.5 Å². The van der Waals surface area contributed by atoms with Crippen molar-refractivity contribution in [3.05, 3.63) is 18.0 Å². The summed E-state index contributed by atoms with van der Waals surface area (Å²) in [4.78, 5) is 24.6. The second-order valence-electron chi connectivity index (χ2n) is 3.78. The molecule has 6 nitrogen and oxygen atoms in total. The predicted molar refractivity (Wildman–Crippen MR) is 65.5 cm³/mol. The van der Waals surface area contributed by atoms with Gasteiger partial charge in [-0.2, -0.15) is 0 Å². The predicted octanol–water partition coefficient (Wildman–Crippen LogP) is -0.0918. The molecule has 0 spiro atoms. The van der Waals surface area contributed by atoms with Gasteiger partial charge in [-0.25, -0.2) is 0 Å². The monoisotopic (exact) mass is 238 g/mol. The number of rotatable bonds is 4. The van der Waals surface area contributed by atoms with Gasteiger partial charge in [0.05, 0.1) is 12.2 Å². The van der Waals surface area contributed by atoms with Crippen LogP contribution in [-0.4, -0.2) is 41.9 Å². The SMILES string of the molecule is CCn1cc(N)cc1C(=O)N(C)CC(=O)NC. The van der Waals surface area contributed by atoms with Crippen molar-refractivity contribution >= 4 is 17.5 Å². The molecule has 6 heteroatoms. The number of anilines is 1. The number of hydrogen-bond donors (Lipinski definition) is 2. The van der Waals surface area contributed by atoms with E-state index in [9.17, 15) is 9.59 Å². The van der Waals surface area contributed by atoms with E-state index in [0.29, 0.717) is 17.9 Å². The summed E-state index contributed by atoms with van der Waals surface area (Å²) >= 11 is 0. The average Bonchev–Trinajstić information content (AvgIpc) is 2.69. The molecule has 17 heavy (non-hydrogen) atoms. The smallest absolute Gasteiger partial charge is 0.270 e. The van der Waals surface area contributed by atoms with Crippen LogP contribution in [0.5, 0.6) is 0 Å². The number of carbonyl (C=O) groups excluding carboxylic acids is 2. The molecular formula is C11H18N4O2. The largest absolute Gasteiger partial charge is 0.397 e. The van der Waals surface area contributed by atoms with Crippen LogP contribution in [0.15, 0.2) is 12.3 Å². The van der Waals surface area contributed by atoms with Gasteiger partial charge in [0.25, 0.3) is 5.91 Å². The number of nitrogens with zero attached hydrogens (tertiary/aromatic N) is 2. The van der Waals surface area contributed by atoms with Gasteiger partial charge in [0.1, 0.15) is 5.69 Å². The molecule has 0 aliphatic carbocycles. The molecule has 0 unspecified atom stereocenters. The van der Waals surface area contributed by atoms with E-state index in [-0.39, 0.29) is 18.4 Å². The first-order valence-corrected chi connectivity index (χ1v) is 5.41. The van der Waals surface area contributed by atoms with Crippen LogP contribution >= 0.6 is 0 Å². The summed E-state index contributed by atoms with van der Waals surface area (Å²) in [7, 11) is 3.12. The van der Waals surface area contributed by atoms with Gasteiger partial charge in [-0.05, 0) is 13.0 Å². The van der Waals surface area contributed by atoms with Crippen LogP contribution in [0.3, 0.4) is 0 Å². The normalized spacial score (nSPS) is 10.1. The van der Waals surface area contributed by atoms with Gasteiger partial charge in [0.15, 0.2) is 0 Å². The van der Waals surface area contributed by atoms with Gasteiger partial charge in [0, 0.05) is 26.8 Å². The van der Waals surface area contributed by atoms with Crippen LogP contribution < -0.4 is 11.1 Å². The number of aryl methyl sites for hydroxylation is 1. The zero-order valence-electron chi connectivity index (χ0n) is 10.4. The summed E-state index contributed by atoms with van der Waals surface area (Å²) in [5.41, 5.74) is 6.69. The maximum Gasteiger partial charge on any atom is 0.270 e. The van der Waals surface area contributed by atoms with Crippen molar-refractivity contribution < 1.29 is 9.59 Å². The molecule has 1 heterocycles. The third kappa shape index (κ3) is 2.99. The highest BCUT2D eigenvalue weighted by Crippen LogP contribution is 2.12. The highest BCUT2D eigenvalue weighted by molar-refractivity contribution is 5.95. The van der Waals surface area contributed by atoms with Crippen molar-refractivity contribution in [2.75, 3.05) is 26.4 Å². The average molecular weight is 238 g/mol. The van der Waals surface area contributed by atoms with Crippen LogP contribution in [0.25, 0.3) is 0 Å². The summed E-state index contributed by atoms with van der Waals surface area (Å²) in [6.07, 6.45) is 1.71. The van der Waals surface area contributed by atoms with Crippen molar-refractivity contribution in [1.29, 1.82) is 0 Å². The molecule has 0 radical (unpaired) electrons. The molecule has 1 aromatic heterocycles. The fourth-order valence-corrected chi connectivity index (χ4v) is 1.54. The minimum Gasteiger partial charge on any atom is -0.397 e. The first-order valence-electron chi connectivity index (χ1n) is 5.41. The number of likely N-dealkylation sites (N-methyl/N-ethyl adjacent to an activating group) is 2. The summed E-state index contributed by atoms with van der Waals surface area (Å²) in [6, 6.07) is 1.62. The van der Waals surface area contributed by atoms with Crippen LogP contribution in [-0.2, 0) is 11.3 Å². The molecule has 0 fully saturated rings. The van der Waals surface area contributed by atoms with Gasteiger partial charge in [-0.3, -0.25) is 9.59 Å². The summed E-state index contributed by atoms with van der Waals surface area (Å²) < 4.78 is 1.76. The summed E-state index contributed by atoms with van der Waals surface area (Å²) in [6.45, 7) is 2.62. The Hall–Kier alpha value is -1.98. The molecular weight excluding hydrogens is 220 g/mol. The second kappa shape index (κ2) is 5.38. The van der Waals surface area contributed by atoms with E-state index >= 15 is 0 Å². The van der Waals surface area contributed by atoms with Gasteiger partial charge in [0.2, 0.25) is 5.91 Å². The lowest BCUT2D eigenvalue weighted by Crippen LogP contribution is -2.37. The van der Waals surface area contributed by atoms with Crippen molar-refractivity contribution in [1.82, 2.24) is 14.8 Å². The number of nitrogens with two attached hydrogens (primary N) is 1. The second-order valence-corrected chi connectivity index (χ2v) is 3.78. The first kappa shape index (κ1) is 13.1. The Bertz CT molecular complexity index is 425. The van der Waals surface area contributed by atoms with E-state index in [1.807, 2.05) is 6.92 Å². The highest BCUT2D eigenvalue weighted by Gasteiger charge is 2.18. The number of hydrogen-bond acceptors (Lipinski definition) is 3. The number of nitrogen functional groups attached to an aromatic ring is 1. The number of aromatic nitrogens is 1. The van der Waals surface area contributed by atoms with Gasteiger partial charge >= 0.3 is 0 Å². The molecule has 1 aromatic rings. The topological polar surface area (TPSA) is 80.4 Å². The molecule has 94 valence electrons. The van der Waals surface area contributed by atoms with Gasteiger partial charge in [-0.15, -0.1) is 0 Å². The van der Waals surface area contributed by atoms with E-state index in [1.54, 1.807) is 23.9 Å². The van der Waals surface area contributed by atoms with E-state index in [1.165, 1.54) is 11.9 Å². The minimum atomic E-state index is -0.216. The van der Waals surface area contributed by atoms with E-state index in [0.717, 1.165) is 0 Å². The van der Waals surface area contributed by atoms with Gasteiger partial charge < -0.3 is 20.5 Å². The van der Waals surface area contributed by atoms with Crippen LogP contribution in [0, 0.1) is 0 Å². The fourth-order valence-electron chi connectivity index (χ4n) is 1.54. The number of carbonyl (C=O) groups is 2. The molecule has 0 aromatic carbocycles. The first-order chi connectivity index (χ1) is 7.99. The lowest BCUT2D eigenvalue weighted by molar-refractivity contribution is -0.121. The van der Waals surface area contributed by atoms with Crippen LogP contribution in [0.1, 0.15) is 17.4 Å². The number of nitrogens with one attached hydrogen (secondary N) is 1. The van der Waals surface area contributed by atoms with Crippen LogP contribution in [0.4, 0.5) is 5.69 Å². The molecule has 0 bridgehead atoms. The van der Waals surface area contributed by atoms with Gasteiger partial charge in [-0.1, -0.05) is 0 Å². The fraction of sp³-hybridized carbons (Fsp3) is 0.455. The Kier molecular flexibility index (Phi) is 4.14. The molecule has 0 saturated carbocycles. The molecule has 0 atom stereocenters. The third-order valence-electron chi connectivity index (χ3n) is 2.48. The summed E-state index contributed by atoms with van der Waals surface area (Å²) in [5, 5.41) is 2.47.